The van der Waals surface area contributed by atoms with Crippen LogP contribution in [0.2, 0.25) is 0 Å². The van der Waals surface area contributed by atoms with Gasteiger partial charge in [-0.15, -0.1) is 0 Å². The van der Waals surface area contributed by atoms with E-state index in [1.165, 1.54) is 0 Å². The molecule has 0 aromatic heterocycles. The number of nitrogens with two attached hydrogens (primary N) is 1. The fraction of sp³-hybridized carbons (Fsp3) is 0.500. The highest BCUT2D eigenvalue weighted by Gasteiger charge is 2.23. The lowest BCUT2D eigenvalue weighted by molar-refractivity contribution is 0.171. The van der Waals surface area contributed by atoms with E-state index in [1.54, 1.807) is 25.1 Å². The van der Waals surface area contributed by atoms with Crippen LogP contribution >= 0.6 is 0 Å². The number of anilines is 1. The Labute approximate surface area is 112 Å². The highest BCUT2D eigenvalue weighted by atomic mass is 32.2. The first-order valence-electron chi connectivity index (χ1n) is 6.18. The average Bonchev–Trinajstić information content (AvgIpc) is 2.39. The van der Waals surface area contributed by atoms with Crippen LogP contribution in [-0.4, -0.2) is 33.4 Å². The Morgan fingerprint density at radius 3 is 2.63 bits per heavy atom. The predicted octanol–water partition coefficient (Wildman–Crippen LogP) is 0.937. The molecule has 0 fully saturated rings. The third kappa shape index (κ3) is 3.10. The maximum Gasteiger partial charge on any atom is 0.236 e. The number of benzene rings is 1. The van der Waals surface area contributed by atoms with E-state index in [2.05, 4.69) is 4.72 Å². The van der Waals surface area contributed by atoms with Crippen molar-refractivity contribution >= 4 is 15.7 Å². The summed E-state index contributed by atoms with van der Waals surface area (Å²) in [5, 5.41) is -0.597. The van der Waals surface area contributed by atoms with Gasteiger partial charge in [0.2, 0.25) is 10.0 Å². The SMILES string of the molecule is CCC(CN)S(=O)(=O)Nc1ccc2c(c1)OCCO2. The van der Waals surface area contributed by atoms with Crippen LogP contribution in [0.25, 0.3) is 0 Å². The Morgan fingerprint density at radius 1 is 1.32 bits per heavy atom. The van der Waals surface area contributed by atoms with Gasteiger partial charge in [0, 0.05) is 12.6 Å². The number of nitrogens with one attached hydrogen (secondary N) is 1. The van der Waals surface area contributed by atoms with Crippen LogP contribution in [0, 0.1) is 0 Å². The molecule has 0 saturated carbocycles. The van der Waals surface area contributed by atoms with E-state index in [0.717, 1.165) is 0 Å². The minimum atomic E-state index is -3.47. The summed E-state index contributed by atoms with van der Waals surface area (Å²) in [6.07, 6.45) is 0.469. The van der Waals surface area contributed by atoms with E-state index in [4.69, 9.17) is 15.2 Å². The molecule has 0 aliphatic carbocycles. The number of hydrogen-bond acceptors (Lipinski definition) is 5. The zero-order valence-corrected chi connectivity index (χ0v) is 11.6. The Hall–Kier alpha value is -1.47. The van der Waals surface area contributed by atoms with Crippen LogP contribution in [0.3, 0.4) is 0 Å². The lowest BCUT2D eigenvalue weighted by atomic mass is 10.3. The number of ether oxygens (including phenoxy) is 2. The van der Waals surface area contributed by atoms with Crippen molar-refractivity contribution in [3.63, 3.8) is 0 Å². The average molecular weight is 286 g/mol. The fourth-order valence-electron chi connectivity index (χ4n) is 1.87. The monoisotopic (exact) mass is 286 g/mol. The minimum Gasteiger partial charge on any atom is -0.486 e. The van der Waals surface area contributed by atoms with Crippen molar-refractivity contribution in [2.75, 3.05) is 24.5 Å². The molecule has 3 N–H and O–H groups in total. The molecule has 19 heavy (non-hydrogen) atoms. The Morgan fingerprint density at radius 2 is 2.00 bits per heavy atom. The van der Waals surface area contributed by atoms with Gasteiger partial charge in [0.1, 0.15) is 13.2 Å². The molecule has 1 aliphatic rings. The molecule has 1 aliphatic heterocycles. The number of rotatable bonds is 5. The zero-order valence-electron chi connectivity index (χ0n) is 10.8. The van der Waals surface area contributed by atoms with E-state index in [1.807, 2.05) is 0 Å². The van der Waals surface area contributed by atoms with Crippen LogP contribution in [0.15, 0.2) is 18.2 Å². The first-order chi connectivity index (χ1) is 9.06. The van der Waals surface area contributed by atoms with E-state index in [-0.39, 0.29) is 6.54 Å². The van der Waals surface area contributed by atoms with Gasteiger partial charge in [-0.2, -0.15) is 0 Å². The summed E-state index contributed by atoms with van der Waals surface area (Å²) in [6, 6.07) is 4.96. The number of fused-ring (bicyclic) bond motifs is 1. The summed E-state index contributed by atoms with van der Waals surface area (Å²) in [5.41, 5.74) is 5.92. The second-order valence-corrected chi connectivity index (χ2v) is 6.23. The molecule has 6 nitrogen and oxygen atoms in total. The molecular formula is C12H18N2O4S. The lowest BCUT2D eigenvalue weighted by Crippen LogP contribution is -2.33. The summed E-state index contributed by atoms with van der Waals surface area (Å²) in [6.45, 7) is 2.85. The Kier molecular flexibility index (Phi) is 4.16. The molecule has 0 bridgehead atoms. The molecule has 106 valence electrons. The number of sulfonamides is 1. The third-order valence-corrected chi connectivity index (χ3v) is 4.88. The molecule has 1 unspecified atom stereocenters. The first-order valence-corrected chi connectivity index (χ1v) is 7.72. The van der Waals surface area contributed by atoms with Gasteiger partial charge in [0.15, 0.2) is 11.5 Å². The van der Waals surface area contributed by atoms with Gasteiger partial charge in [-0.25, -0.2) is 8.42 Å². The molecule has 1 heterocycles. The van der Waals surface area contributed by atoms with Gasteiger partial charge in [-0.3, -0.25) is 4.72 Å². The summed E-state index contributed by atoms with van der Waals surface area (Å²) in [7, 11) is -3.47. The highest BCUT2D eigenvalue weighted by molar-refractivity contribution is 7.93. The molecular weight excluding hydrogens is 268 g/mol. The summed E-state index contributed by atoms with van der Waals surface area (Å²) >= 11 is 0. The third-order valence-electron chi connectivity index (χ3n) is 2.96. The molecule has 2 rings (SSSR count). The molecule has 7 heteroatoms. The molecule has 1 aromatic rings. The van der Waals surface area contributed by atoms with Crippen LogP contribution in [-0.2, 0) is 10.0 Å². The van der Waals surface area contributed by atoms with Crippen LogP contribution < -0.4 is 19.9 Å². The molecule has 0 saturated heterocycles. The van der Waals surface area contributed by atoms with Gasteiger partial charge in [0.25, 0.3) is 0 Å². The van der Waals surface area contributed by atoms with E-state index < -0.39 is 15.3 Å². The van der Waals surface area contributed by atoms with Gasteiger partial charge < -0.3 is 15.2 Å². The zero-order chi connectivity index (χ0) is 13.9. The maximum atomic E-state index is 12.1. The van der Waals surface area contributed by atoms with Crippen molar-refractivity contribution in [1.29, 1.82) is 0 Å². The smallest absolute Gasteiger partial charge is 0.236 e. The van der Waals surface area contributed by atoms with Crippen LogP contribution in [0.4, 0.5) is 5.69 Å². The van der Waals surface area contributed by atoms with E-state index >= 15 is 0 Å². The van der Waals surface area contributed by atoms with Gasteiger partial charge >= 0.3 is 0 Å². The van der Waals surface area contributed by atoms with E-state index in [0.29, 0.717) is 36.8 Å². The molecule has 0 radical (unpaired) electrons. The molecule has 1 aromatic carbocycles. The second-order valence-electron chi connectivity index (χ2n) is 4.27. The standard InChI is InChI=1S/C12H18N2O4S/c1-2-10(8-13)19(15,16)14-9-3-4-11-12(7-9)18-6-5-17-11/h3-4,7,10,14H,2,5-6,8,13H2,1H3. The minimum absolute atomic E-state index is 0.0936. The van der Waals surface area contributed by atoms with E-state index in [9.17, 15) is 8.42 Å². The first kappa shape index (κ1) is 14.0. The predicted molar refractivity (Wildman–Crippen MR) is 73.1 cm³/mol. The normalized spacial score (nSPS) is 15.9. The summed E-state index contributed by atoms with van der Waals surface area (Å²) in [4.78, 5) is 0. The second kappa shape index (κ2) is 5.66. The Bertz CT molecular complexity index is 541. The molecule has 0 amide bonds. The highest BCUT2D eigenvalue weighted by Crippen LogP contribution is 2.33. The van der Waals surface area contributed by atoms with Crippen LogP contribution in [0.5, 0.6) is 11.5 Å². The summed E-state index contributed by atoms with van der Waals surface area (Å²) in [5.74, 6) is 1.17. The van der Waals surface area contributed by atoms with Crippen LogP contribution in [0.1, 0.15) is 13.3 Å². The van der Waals surface area contributed by atoms with Crippen molar-refractivity contribution < 1.29 is 17.9 Å². The van der Waals surface area contributed by atoms with Gasteiger partial charge in [0.05, 0.1) is 10.9 Å². The lowest BCUT2D eigenvalue weighted by Gasteiger charge is -2.20. The van der Waals surface area contributed by atoms with Crippen molar-refractivity contribution in [3.05, 3.63) is 18.2 Å². The van der Waals surface area contributed by atoms with Gasteiger partial charge in [-0.05, 0) is 18.6 Å². The molecule has 1 atom stereocenters. The fourth-order valence-corrected chi connectivity index (χ4v) is 3.18. The quantitative estimate of drug-likeness (QED) is 0.840. The van der Waals surface area contributed by atoms with Crippen molar-refractivity contribution in [2.24, 2.45) is 5.73 Å². The largest absolute Gasteiger partial charge is 0.486 e. The number of hydrogen-bond donors (Lipinski definition) is 2. The van der Waals surface area contributed by atoms with Crippen molar-refractivity contribution in [3.8, 4) is 11.5 Å². The maximum absolute atomic E-state index is 12.1. The summed E-state index contributed by atoms with van der Waals surface area (Å²) < 4.78 is 37.4. The topological polar surface area (TPSA) is 90.7 Å². The van der Waals surface area contributed by atoms with Gasteiger partial charge in [-0.1, -0.05) is 6.92 Å². The molecule has 0 spiro atoms. The van der Waals surface area contributed by atoms with Crippen molar-refractivity contribution in [1.82, 2.24) is 0 Å². The van der Waals surface area contributed by atoms with Crippen molar-refractivity contribution in [2.45, 2.75) is 18.6 Å². The Balaban J connectivity index is 2.19.